The number of allylic oxidation sites excluding steroid dienone is 1. The van der Waals surface area contributed by atoms with Gasteiger partial charge in [0.25, 0.3) is 5.91 Å². The SMILES string of the molecule is O=C(NCc1ccc(F)cc1)C1C(=O)C(=O)N2CCOCC=C2C12CCN(C(=O)O)CC2. The molecule has 1 spiro atoms. The fraction of sp³-hybridized carbons (Fsp3) is 0.455. The second kappa shape index (κ2) is 8.70. The summed E-state index contributed by atoms with van der Waals surface area (Å²) in [6, 6.07) is 5.59. The number of ketones is 1. The summed E-state index contributed by atoms with van der Waals surface area (Å²) in [5.41, 5.74) is 0.205. The average Bonchev–Trinajstić information content (AvgIpc) is 3.05. The molecule has 2 saturated heterocycles. The molecule has 3 heterocycles. The zero-order valence-corrected chi connectivity index (χ0v) is 17.4. The smallest absolute Gasteiger partial charge is 0.407 e. The molecule has 4 rings (SSSR count). The Hall–Kier alpha value is -3.27. The number of carbonyl (C=O) groups excluding carboxylic acids is 3. The molecule has 10 heteroatoms. The van der Waals surface area contributed by atoms with Crippen molar-refractivity contribution in [3.8, 4) is 0 Å². The van der Waals surface area contributed by atoms with Crippen molar-refractivity contribution in [2.45, 2.75) is 19.4 Å². The van der Waals surface area contributed by atoms with Gasteiger partial charge in [-0.05, 0) is 36.6 Å². The van der Waals surface area contributed by atoms with Gasteiger partial charge in [0.15, 0.2) is 0 Å². The van der Waals surface area contributed by atoms with E-state index in [1.54, 1.807) is 6.08 Å². The van der Waals surface area contributed by atoms with E-state index in [0.717, 1.165) is 0 Å². The van der Waals surface area contributed by atoms with Crippen molar-refractivity contribution in [1.82, 2.24) is 15.1 Å². The van der Waals surface area contributed by atoms with E-state index in [1.807, 2.05) is 0 Å². The lowest BCUT2D eigenvalue weighted by Crippen LogP contribution is -2.62. The molecule has 3 amide bonds. The standard InChI is InChI=1S/C22H24FN3O6/c23-15-3-1-14(2-4-15)13-24-19(28)17-18(27)20(29)26-10-12-32-11-5-16(26)22(17)6-8-25(9-7-22)21(30)31/h1-5,17H,6-13H2,(H,24,28)(H,30,31). The van der Waals surface area contributed by atoms with Gasteiger partial charge in [-0.3, -0.25) is 14.4 Å². The third-order valence-corrected chi connectivity index (χ3v) is 6.49. The molecule has 0 bridgehead atoms. The third kappa shape index (κ3) is 3.86. The molecular formula is C22H24FN3O6. The summed E-state index contributed by atoms with van der Waals surface area (Å²) in [6.45, 7) is 1.06. The summed E-state index contributed by atoms with van der Waals surface area (Å²) in [5, 5.41) is 12.1. The lowest BCUT2D eigenvalue weighted by Gasteiger charge is -2.51. The van der Waals surface area contributed by atoms with Crippen molar-refractivity contribution >= 4 is 23.7 Å². The van der Waals surface area contributed by atoms with Gasteiger partial charge in [0.05, 0.1) is 13.2 Å². The number of Topliss-reactive ketones (excluding diaryl/α,β-unsaturated/α-hetero) is 1. The topological polar surface area (TPSA) is 116 Å². The molecule has 170 valence electrons. The molecule has 0 aliphatic carbocycles. The predicted octanol–water partition coefficient (Wildman–Crippen LogP) is 1.14. The summed E-state index contributed by atoms with van der Waals surface area (Å²) >= 11 is 0. The van der Waals surface area contributed by atoms with Gasteiger partial charge in [0.2, 0.25) is 11.7 Å². The Kier molecular flexibility index (Phi) is 5.96. The molecule has 0 saturated carbocycles. The molecule has 1 unspecified atom stereocenters. The highest BCUT2D eigenvalue weighted by Gasteiger charge is 2.59. The van der Waals surface area contributed by atoms with Crippen LogP contribution in [0.3, 0.4) is 0 Å². The van der Waals surface area contributed by atoms with Crippen LogP contribution >= 0.6 is 0 Å². The maximum atomic E-state index is 13.3. The van der Waals surface area contributed by atoms with Crippen molar-refractivity contribution < 1.29 is 33.4 Å². The maximum Gasteiger partial charge on any atom is 0.407 e. The molecule has 2 fully saturated rings. The van der Waals surface area contributed by atoms with Crippen LogP contribution in [0.5, 0.6) is 0 Å². The van der Waals surface area contributed by atoms with Crippen LogP contribution in [0.25, 0.3) is 0 Å². The van der Waals surface area contributed by atoms with E-state index in [-0.39, 0.29) is 52.2 Å². The minimum Gasteiger partial charge on any atom is -0.465 e. The minimum atomic E-state index is -1.27. The van der Waals surface area contributed by atoms with E-state index >= 15 is 0 Å². The average molecular weight is 445 g/mol. The van der Waals surface area contributed by atoms with Gasteiger partial charge in [0, 0.05) is 37.3 Å². The molecule has 1 atom stereocenters. The van der Waals surface area contributed by atoms with Crippen LogP contribution in [-0.4, -0.2) is 71.4 Å². The second-order valence-corrected chi connectivity index (χ2v) is 8.19. The Morgan fingerprint density at radius 3 is 2.50 bits per heavy atom. The number of ether oxygens (including phenoxy) is 1. The summed E-state index contributed by atoms with van der Waals surface area (Å²) < 4.78 is 18.6. The van der Waals surface area contributed by atoms with Crippen molar-refractivity contribution in [3.63, 3.8) is 0 Å². The Morgan fingerprint density at radius 1 is 1.16 bits per heavy atom. The van der Waals surface area contributed by atoms with Gasteiger partial charge in [-0.1, -0.05) is 12.1 Å². The lowest BCUT2D eigenvalue weighted by atomic mass is 9.61. The first kappa shape index (κ1) is 21.9. The molecule has 2 N–H and O–H groups in total. The number of likely N-dealkylation sites (tertiary alicyclic amines) is 1. The molecule has 1 aromatic rings. The van der Waals surface area contributed by atoms with Gasteiger partial charge < -0.3 is 25.0 Å². The first-order valence-electron chi connectivity index (χ1n) is 10.5. The number of carboxylic acid groups (broad SMARTS) is 1. The number of carbonyl (C=O) groups is 4. The molecule has 1 aromatic carbocycles. The quantitative estimate of drug-likeness (QED) is 0.533. The Labute approximate surface area is 183 Å². The van der Waals surface area contributed by atoms with Crippen LogP contribution in [0.1, 0.15) is 18.4 Å². The fourth-order valence-electron chi connectivity index (χ4n) is 4.85. The lowest BCUT2D eigenvalue weighted by molar-refractivity contribution is -0.158. The number of hydrogen-bond donors (Lipinski definition) is 2. The number of halogens is 1. The second-order valence-electron chi connectivity index (χ2n) is 8.19. The minimum absolute atomic E-state index is 0.0697. The van der Waals surface area contributed by atoms with Crippen molar-refractivity contribution in [3.05, 3.63) is 47.4 Å². The first-order chi connectivity index (χ1) is 15.3. The molecule has 3 aliphatic rings. The number of hydrogen-bond acceptors (Lipinski definition) is 5. The number of rotatable bonds is 3. The summed E-state index contributed by atoms with van der Waals surface area (Å²) in [6.07, 6.45) is 1.13. The zero-order chi connectivity index (χ0) is 22.9. The Balaban J connectivity index is 1.65. The molecular weight excluding hydrogens is 421 g/mol. The highest BCUT2D eigenvalue weighted by atomic mass is 19.1. The maximum absolute atomic E-state index is 13.3. The van der Waals surface area contributed by atoms with E-state index in [9.17, 15) is 28.7 Å². The van der Waals surface area contributed by atoms with E-state index < -0.39 is 40.8 Å². The molecule has 32 heavy (non-hydrogen) atoms. The summed E-state index contributed by atoms with van der Waals surface area (Å²) in [7, 11) is 0. The summed E-state index contributed by atoms with van der Waals surface area (Å²) in [5.74, 6) is -3.83. The van der Waals surface area contributed by atoms with Crippen LogP contribution in [0, 0.1) is 17.2 Å². The molecule has 0 radical (unpaired) electrons. The molecule has 0 aromatic heterocycles. The van der Waals surface area contributed by atoms with Crippen LogP contribution in [0.2, 0.25) is 0 Å². The van der Waals surface area contributed by atoms with E-state index in [0.29, 0.717) is 11.3 Å². The van der Waals surface area contributed by atoms with Crippen molar-refractivity contribution in [2.75, 3.05) is 32.8 Å². The van der Waals surface area contributed by atoms with Crippen LogP contribution in [-0.2, 0) is 25.7 Å². The van der Waals surface area contributed by atoms with Gasteiger partial charge in [-0.2, -0.15) is 0 Å². The number of amides is 3. The van der Waals surface area contributed by atoms with Gasteiger partial charge in [-0.15, -0.1) is 0 Å². The normalized spacial score (nSPS) is 22.8. The first-order valence-corrected chi connectivity index (χ1v) is 10.5. The Bertz CT molecular complexity index is 968. The number of benzene rings is 1. The fourth-order valence-corrected chi connectivity index (χ4v) is 4.85. The van der Waals surface area contributed by atoms with Crippen molar-refractivity contribution in [1.29, 1.82) is 0 Å². The molecule has 3 aliphatic heterocycles. The number of nitrogens with one attached hydrogen (secondary N) is 1. The Morgan fingerprint density at radius 2 is 1.84 bits per heavy atom. The predicted molar refractivity (Wildman–Crippen MR) is 109 cm³/mol. The highest BCUT2D eigenvalue weighted by molar-refractivity contribution is 6.42. The monoisotopic (exact) mass is 445 g/mol. The summed E-state index contributed by atoms with van der Waals surface area (Å²) in [4.78, 5) is 53.4. The van der Waals surface area contributed by atoms with Crippen molar-refractivity contribution in [2.24, 2.45) is 11.3 Å². The van der Waals surface area contributed by atoms with Crippen LogP contribution in [0.4, 0.5) is 9.18 Å². The number of nitrogens with zero attached hydrogens (tertiary/aromatic N) is 2. The largest absolute Gasteiger partial charge is 0.465 e. The third-order valence-electron chi connectivity index (χ3n) is 6.49. The van der Waals surface area contributed by atoms with Gasteiger partial charge in [0.1, 0.15) is 11.7 Å². The van der Waals surface area contributed by atoms with Gasteiger partial charge in [-0.25, -0.2) is 9.18 Å². The number of fused-ring (bicyclic) bond motifs is 2. The van der Waals surface area contributed by atoms with Crippen LogP contribution < -0.4 is 5.32 Å². The van der Waals surface area contributed by atoms with E-state index in [1.165, 1.54) is 34.1 Å². The van der Waals surface area contributed by atoms with Gasteiger partial charge >= 0.3 is 6.09 Å². The number of piperidine rings is 2. The zero-order valence-electron chi connectivity index (χ0n) is 17.4. The molecule has 9 nitrogen and oxygen atoms in total. The van der Waals surface area contributed by atoms with Crippen LogP contribution in [0.15, 0.2) is 36.0 Å². The van der Waals surface area contributed by atoms with E-state index in [2.05, 4.69) is 5.32 Å². The highest BCUT2D eigenvalue weighted by Crippen LogP contribution is 2.50. The van der Waals surface area contributed by atoms with E-state index in [4.69, 9.17) is 4.74 Å².